The Morgan fingerprint density at radius 2 is 2.05 bits per heavy atom. The molecule has 1 aliphatic rings. The van der Waals surface area contributed by atoms with Gasteiger partial charge >= 0.3 is 0 Å². The number of nitrogens with zero attached hydrogens (tertiary/aromatic N) is 3. The number of rotatable bonds is 5. The highest BCUT2D eigenvalue weighted by molar-refractivity contribution is 5.92. The number of hydrogen-bond acceptors (Lipinski definition) is 4. The molecule has 0 radical (unpaired) electrons. The molecule has 2 heterocycles. The zero-order valence-corrected chi connectivity index (χ0v) is 12.3. The maximum Gasteiger partial charge on any atom is 0.272 e. The van der Waals surface area contributed by atoms with Gasteiger partial charge in [-0.05, 0) is 25.3 Å². The van der Waals surface area contributed by atoms with Crippen LogP contribution in [0.1, 0.15) is 55.9 Å². The third kappa shape index (κ3) is 4.18. The molecule has 1 aromatic heterocycles. The quantitative estimate of drug-likeness (QED) is 0.840. The van der Waals surface area contributed by atoms with Crippen molar-refractivity contribution >= 4 is 11.9 Å². The van der Waals surface area contributed by atoms with E-state index in [2.05, 4.69) is 22.2 Å². The van der Waals surface area contributed by atoms with Gasteiger partial charge in [-0.15, -0.1) is 0 Å². The summed E-state index contributed by atoms with van der Waals surface area (Å²) < 4.78 is 0. The molecule has 110 valence electrons. The molecule has 0 atom stereocenters. The summed E-state index contributed by atoms with van der Waals surface area (Å²) in [6, 6.07) is 1.71. The summed E-state index contributed by atoms with van der Waals surface area (Å²) in [7, 11) is 0. The first-order valence-corrected chi connectivity index (χ1v) is 7.67. The lowest BCUT2D eigenvalue weighted by Gasteiger charge is -2.19. The Morgan fingerprint density at radius 3 is 2.75 bits per heavy atom. The van der Waals surface area contributed by atoms with Crippen molar-refractivity contribution in [3.63, 3.8) is 0 Å². The van der Waals surface area contributed by atoms with E-state index in [0.29, 0.717) is 11.6 Å². The van der Waals surface area contributed by atoms with E-state index < -0.39 is 0 Å². The van der Waals surface area contributed by atoms with E-state index in [0.717, 1.165) is 45.3 Å². The molecule has 0 spiro atoms. The second kappa shape index (κ2) is 7.82. The van der Waals surface area contributed by atoms with Gasteiger partial charge in [0.15, 0.2) is 0 Å². The Labute approximate surface area is 120 Å². The minimum Gasteiger partial charge on any atom is -0.354 e. The number of carbonyl (C=O) groups is 1. The summed E-state index contributed by atoms with van der Waals surface area (Å²) in [6.45, 7) is 4.68. The lowest BCUT2D eigenvalue weighted by molar-refractivity contribution is 0.0755. The Kier molecular flexibility index (Phi) is 5.77. The van der Waals surface area contributed by atoms with Gasteiger partial charge in [0.1, 0.15) is 5.69 Å². The zero-order chi connectivity index (χ0) is 14.2. The van der Waals surface area contributed by atoms with Crippen LogP contribution in [0.25, 0.3) is 0 Å². The number of unbranched alkanes of at least 4 members (excludes halogenated alkanes) is 1. The summed E-state index contributed by atoms with van der Waals surface area (Å²) in [5.41, 5.74) is 0.501. The van der Waals surface area contributed by atoms with Crippen LogP contribution in [0, 0.1) is 0 Å². The van der Waals surface area contributed by atoms with Crippen LogP contribution in [-0.4, -0.2) is 40.4 Å². The van der Waals surface area contributed by atoms with E-state index in [1.807, 2.05) is 4.90 Å². The molecule has 20 heavy (non-hydrogen) atoms. The molecule has 0 saturated carbocycles. The topological polar surface area (TPSA) is 58.1 Å². The highest BCUT2D eigenvalue weighted by atomic mass is 16.2. The molecule has 0 bridgehead atoms. The van der Waals surface area contributed by atoms with Crippen molar-refractivity contribution in [1.82, 2.24) is 14.9 Å². The predicted octanol–water partition coefficient (Wildman–Crippen LogP) is 2.70. The molecule has 0 unspecified atom stereocenters. The first-order chi connectivity index (χ1) is 9.81. The minimum absolute atomic E-state index is 0.0350. The molecule has 5 heteroatoms. The van der Waals surface area contributed by atoms with Crippen LogP contribution >= 0.6 is 0 Å². The lowest BCUT2D eigenvalue weighted by Crippen LogP contribution is -2.32. The van der Waals surface area contributed by atoms with Crippen molar-refractivity contribution < 1.29 is 4.79 Å². The van der Waals surface area contributed by atoms with Crippen LogP contribution < -0.4 is 5.32 Å². The molecular formula is C15H24N4O. The smallest absolute Gasteiger partial charge is 0.272 e. The van der Waals surface area contributed by atoms with Crippen molar-refractivity contribution in [3.8, 4) is 0 Å². The fraction of sp³-hybridized carbons (Fsp3) is 0.667. The highest BCUT2D eigenvalue weighted by Gasteiger charge is 2.18. The number of likely N-dealkylation sites (tertiary alicyclic amines) is 1. The molecular weight excluding hydrogens is 252 g/mol. The largest absolute Gasteiger partial charge is 0.354 e. The van der Waals surface area contributed by atoms with Crippen molar-refractivity contribution in [2.75, 3.05) is 25.0 Å². The summed E-state index contributed by atoms with van der Waals surface area (Å²) in [5.74, 6) is 0.590. The van der Waals surface area contributed by atoms with E-state index in [1.54, 1.807) is 12.3 Å². The van der Waals surface area contributed by atoms with Gasteiger partial charge in [0, 0.05) is 25.8 Å². The van der Waals surface area contributed by atoms with Crippen LogP contribution in [0.4, 0.5) is 5.95 Å². The summed E-state index contributed by atoms with van der Waals surface area (Å²) in [6.07, 6.45) is 8.49. The molecule has 1 amide bonds. The van der Waals surface area contributed by atoms with Crippen LogP contribution in [0.15, 0.2) is 12.3 Å². The van der Waals surface area contributed by atoms with Crippen molar-refractivity contribution in [1.29, 1.82) is 0 Å². The lowest BCUT2D eigenvalue weighted by atomic mass is 10.2. The van der Waals surface area contributed by atoms with Crippen molar-refractivity contribution in [2.24, 2.45) is 0 Å². The van der Waals surface area contributed by atoms with Gasteiger partial charge in [-0.25, -0.2) is 9.97 Å². The Morgan fingerprint density at radius 1 is 1.30 bits per heavy atom. The Bertz CT molecular complexity index is 428. The van der Waals surface area contributed by atoms with Crippen LogP contribution in [0.3, 0.4) is 0 Å². The van der Waals surface area contributed by atoms with Crippen LogP contribution in [-0.2, 0) is 0 Å². The molecule has 1 fully saturated rings. The fourth-order valence-corrected chi connectivity index (χ4v) is 2.38. The first kappa shape index (κ1) is 14.8. The second-order valence-electron chi connectivity index (χ2n) is 5.25. The first-order valence-electron chi connectivity index (χ1n) is 7.67. The normalized spacial score (nSPS) is 15.8. The molecule has 1 aromatic rings. The van der Waals surface area contributed by atoms with E-state index in [4.69, 9.17) is 0 Å². The molecule has 1 N–H and O–H groups in total. The zero-order valence-electron chi connectivity index (χ0n) is 12.3. The Balaban J connectivity index is 1.99. The van der Waals surface area contributed by atoms with Crippen LogP contribution in [0.5, 0.6) is 0 Å². The van der Waals surface area contributed by atoms with Crippen molar-refractivity contribution in [2.45, 2.75) is 45.4 Å². The van der Waals surface area contributed by atoms with E-state index >= 15 is 0 Å². The van der Waals surface area contributed by atoms with Gasteiger partial charge in [-0.3, -0.25) is 4.79 Å². The SMILES string of the molecule is CCCCNc1nccc(C(=O)N2CCCCCC2)n1. The van der Waals surface area contributed by atoms with E-state index in [9.17, 15) is 4.79 Å². The monoisotopic (exact) mass is 276 g/mol. The summed E-state index contributed by atoms with van der Waals surface area (Å²) >= 11 is 0. The highest BCUT2D eigenvalue weighted by Crippen LogP contribution is 2.13. The Hall–Kier alpha value is -1.65. The fourth-order valence-electron chi connectivity index (χ4n) is 2.38. The van der Waals surface area contributed by atoms with Gasteiger partial charge in [0.2, 0.25) is 5.95 Å². The van der Waals surface area contributed by atoms with Gasteiger partial charge in [0.25, 0.3) is 5.91 Å². The molecule has 5 nitrogen and oxygen atoms in total. The standard InChI is InChI=1S/C15H24N4O/c1-2-3-9-16-15-17-10-8-13(18-15)14(20)19-11-6-4-5-7-12-19/h8,10H,2-7,9,11-12H2,1H3,(H,16,17,18). The number of amides is 1. The average molecular weight is 276 g/mol. The number of aromatic nitrogens is 2. The number of anilines is 1. The predicted molar refractivity (Wildman–Crippen MR) is 79.8 cm³/mol. The van der Waals surface area contributed by atoms with E-state index in [-0.39, 0.29) is 5.91 Å². The van der Waals surface area contributed by atoms with Crippen LogP contribution in [0.2, 0.25) is 0 Å². The number of nitrogens with one attached hydrogen (secondary N) is 1. The van der Waals surface area contributed by atoms with Gasteiger partial charge in [-0.1, -0.05) is 26.2 Å². The maximum atomic E-state index is 12.4. The summed E-state index contributed by atoms with van der Waals surface area (Å²) in [5, 5.41) is 3.16. The summed E-state index contributed by atoms with van der Waals surface area (Å²) in [4.78, 5) is 22.9. The van der Waals surface area contributed by atoms with Gasteiger partial charge in [-0.2, -0.15) is 0 Å². The van der Waals surface area contributed by atoms with Gasteiger partial charge < -0.3 is 10.2 Å². The number of hydrogen-bond donors (Lipinski definition) is 1. The maximum absolute atomic E-state index is 12.4. The third-order valence-electron chi connectivity index (χ3n) is 3.58. The van der Waals surface area contributed by atoms with Crippen molar-refractivity contribution in [3.05, 3.63) is 18.0 Å². The second-order valence-corrected chi connectivity index (χ2v) is 5.25. The third-order valence-corrected chi connectivity index (χ3v) is 3.58. The molecule has 2 rings (SSSR count). The minimum atomic E-state index is 0.0350. The van der Waals surface area contributed by atoms with E-state index in [1.165, 1.54) is 12.8 Å². The average Bonchev–Trinajstić information content (AvgIpc) is 2.76. The molecule has 0 aromatic carbocycles. The number of carbonyl (C=O) groups excluding carboxylic acids is 1. The molecule has 1 aliphatic heterocycles. The van der Waals surface area contributed by atoms with Gasteiger partial charge in [0.05, 0.1) is 0 Å². The molecule has 1 saturated heterocycles. The molecule has 0 aliphatic carbocycles.